The largest absolute Gasteiger partial charge is 0.461 e. The van der Waals surface area contributed by atoms with Crippen molar-refractivity contribution in [2.24, 2.45) is 0 Å². The van der Waals surface area contributed by atoms with E-state index in [0.717, 1.165) is 6.92 Å². The van der Waals surface area contributed by atoms with Crippen molar-refractivity contribution in [2.45, 2.75) is 13.5 Å². The van der Waals surface area contributed by atoms with E-state index in [9.17, 15) is 22.4 Å². The van der Waals surface area contributed by atoms with Crippen molar-refractivity contribution < 1.29 is 27.1 Å². The molecule has 0 spiro atoms. The van der Waals surface area contributed by atoms with Gasteiger partial charge in [-0.1, -0.05) is 0 Å². The molecule has 0 N–H and O–H groups in total. The lowest BCUT2D eigenvalue weighted by Crippen LogP contribution is -2.07. The number of carbonyl (C=O) groups excluding carboxylic acids is 1. The summed E-state index contributed by atoms with van der Waals surface area (Å²) in [6.45, 7) is 0.160. The maximum atomic E-state index is 12.9. The average Bonchev–Trinajstić information content (AvgIpc) is 2.14. The Labute approximate surface area is 82.5 Å². The summed E-state index contributed by atoms with van der Waals surface area (Å²) in [6, 6.07) is 0.0853. The second-order valence-corrected chi connectivity index (χ2v) is 2.73. The molecule has 0 saturated carbocycles. The van der Waals surface area contributed by atoms with Gasteiger partial charge >= 0.3 is 5.97 Å². The lowest BCUT2D eigenvalue weighted by molar-refractivity contribution is -0.142. The van der Waals surface area contributed by atoms with Crippen LogP contribution in [0.3, 0.4) is 0 Å². The molecule has 2 nitrogen and oxygen atoms in total. The van der Waals surface area contributed by atoms with Crippen LogP contribution < -0.4 is 0 Å². The van der Waals surface area contributed by atoms with Gasteiger partial charge in [-0.2, -0.15) is 0 Å². The first kappa shape index (κ1) is 11.5. The lowest BCUT2D eigenvalue weighted by atomic mass is 10.2. The van der Waals surface area contributed by atoms with E-state index in [-0.39, 0.29) is 6.07 Å². The molecule has 0 saturated heterocycles. The van der Waals surface area contributed by atoms with Crippen LogP contribution in [0.4, 0.5) is 17.6 Å². The van der Waals surface area contributed by atoms with Gasteiger partial charge in [0.25, 0.3) is 0 Å². The molecule has 1 rings (SSSR count). The van der Waals surface area contributed by atoms with Gasteiger partial charge in [0.1, 0.15) is 6.61 Å². The molecule has 0 aromatic heterocycles. The number of rotatable bonds is 2. The van der Waals surface area contributed by atoms with E-state index in [1.54, 1.807) is 0 Å². The number of halogens is 4. The smallest absolute Gasteiger partial charge is 0.302 e. The van der Waals surface area contributed by atoms with Crippen LogP contribution in [0, 0.1) is 23.3 Å². The molecular weight excluding hydrogens is 216 g/mol. The van der Waals surface area contributed by atoms with E-state index >= 15 is 0 Å². The van der Waals surface area contributed by atoms with Crippen molar-refractivity contribution in [3.05, 3.63) is 34.9 Å². The van der Waals surface area contributed by atoms with E-state index in [1.807, 2.05) is 0 Å². The van der Waals surface area contributed by atoms with Gasteiger partial charge in [0.05, 0.1) is 5.56 Å². The van der Waals surface area contributed by atoms with E-state index in [2.05, 4.69) is 4.74 Å². The van der Waals surface area contributed by atoms with Crippen LogP contribution in [0.25, 0.3) is 0 Å². The van der Waals surface area contributed by atoms with Crippen molar-refractivity contribution in [2.75, 3.05) is 0 Å². The van der Waals surface area contributed by atoms with Gasteiger partial charge in [0.2, 0.25) is 0 Å². The van der Waals surface area contributed by atoms with E-state index in [4.69, 9.17) is 0 Å². The van der Waals surface area contributed by atoms with Crippen LogP contribution in [0.15, 0.2) is 6.07 Å². The highest BCUT2D eigenvalue weighted by atomic mass is 19.2. The highest BCUT2D eigenvalue weighted by Gasteiger charge is 2.19. The molecule has 0 fully saturated rings. The first-order valence-corrected chi connectivity index (χ1v) is 3.88. The van der Waals surface area contributed by atoms with Gasteiger partial charge in [0, 0.05) is 13.0 Å². The summed E-state index contributed by atoms with van der Waals surface area (Å²) in [6.07, 6.45) is 0. The molecule has 0 heterocycles. The zero-order chi connectivity index (χ0) is 11.6. The molecule has 0 aliphatic heterocycles. The second kappa shape index (κ2) is 4.29. The van der Waals surface area contributed by atoms with E-state index in [0.29, 0.717) is 0 Å². The summed E-state index contributed by atoms with van der Waals surface area (Å²) in [5.74, 6) is -6.99. The number of ether oxygens (including phenoxy) is 1. The topological polar surface area (TPSA) is 26.3 Å². The Morgan fingerprint density at radius 1 is 1.20 bits per heavy atom. The Hall–Kier alpha value is -1.59. The fourth-order valence-electron chi connectivity index (χ4n) is 0.923. The predicted octanol–water partition coefficient (Wildman–Crippen LogP) is 2.31. The van der Waals surface area contributed by atoms with Gasteiger partial charge < -0.3 is 4.74 Å². The molecule has 0 amide bonds. The number of hydrogen-bond donors (Lipinski definition) is 0. The van der Waals surface area contributed by atoms with Crippen LogP contribution in [0.2, 0.25) is 0 Å². The van der Waals surface area contributed by atoms with Crippen molar-refractivity contribution >= 4 is 5.97 Å². The molecule has 82 valence electrons. The van der Waals surface area contributed by atoms with Gasteiger partial charge in [-0.15, -0.1) is 0 Å². The summed E-state index contributed by atoms with van der Waals surface area (Å²) in [5.41, 5.74) is -0.942. The van der Waals surface area contributed by atoms with Crippen LogP contribution >= 0.6 is 0 Å². The maximum Gasteiger partial charge on any atom is 0.302 e. The lowest BCUT2D eigenvalue weighted by Gasteiger charge is -2.06. The molecule has 0 bridgehead atoms. The van der Waals surface area contributed by atoms with Crippen LogP contribution in [0.5, 0.6) is 0 Å². The Bertz CT molecular complexity index is 377. The zero-order valence-electron chi connectivity index (χ0n) is 7.61. The third kappa shape index (κ3) is 2.45. The molecule has 0 aliphatic carbocycles. The molecular formula is C9H6F4O2. The van der Waals surface area contributed by atoms with Gasteiger partial charge in [-0.25, -0.2) is 17.6 Å². The number of carbonyl (C=O) groups is 1. The van der Waals surface area contributed by atoms with Crippen molar-refractivity contribution in [1.29, 1.82) is 0 Å². The Kier molecular flexibility index (Phi) is 3.28. The first-order valence-electron chi connectivity index (χ1n) is 3.88. The van der Waals surface area contributed by atoms with Crippen molar-refractivity contribution in [3.8, 4) is 0 Å². The Balaban J connectivity index is 3.09. The monoisotopic (exact) mass is 222 g/mol. The van der Waals surface area contributed by atoms with Crippen LogP contribution in [0.1, 0.15) is 12.5 Å². The summed E-state index contributed by atoms with van der Waals surface area (Å²) in [7, 11) is 0. The highest BCUT2D eigenvalue weighted by Crippen LogP contribution is 2.19. The molecule has 0 aliphatic rings. The third-order valence-electron chi connectivity index (χ3n) is 1.62. The van der Waals surface area contributed by atoms with Crippen LogP contribution in [-0.4, -0.2) is 5.97 Å². The minimum Gasteiger partial charge on any atom is -0.461 e. The summed E-state index contributed by atoms with van der Waals surface area (Å²) >= 11 is 0. The third-order valence-corrected chi connectivity index (χ3v) is 1.62. The Morgan fingerprint density at radius 2 is 1.67 bits per heavy atom. The minimum absolute atomic E-state index is 0.0853. The van der Waals surface area contributed by atoms with Gasteiger partial charge in [0.15, 0.2) is 23.3 Å². The molecule has 0 unspecified atom stereocenters. The summed E-state index contributed by atoms with van der Waals surface area (Å²) in [5, 5.41) is 0. The molecule has 1 aromatic rings. The average molecular weight is 222 g/mol. The zero-order valence-corrected chi connectivity index (χ0v) is 7.61. The minimum atomic E-state index is -1.56. The van der Waals surface area contributed by atoms with E-state index < -0.39 is 41.4 Å². The quantitative estimate of drug-likeness (QED) is 0.436. The summed E-state index contributed by atoms with van der Waals surface area (Å²) in [4.78, 5) is 10.4. The van der Waals surface area contributed by atoms with Crippen molar-refractivity contribution in [3.63, 3.8) is 0 Å². The Morgan fingerprint density at radius 3 is 2.07 bits per heavy atom. The van der Waals surface area contributed by atoms with Gasteiger partial charge in [-0.3, -0.25) is 4.79 Å². The standard InChI is InChI=1S/C9H6F4O2/c1-4(14)15-3-5-8(12)6(10)2-7(11)9(5)13/h2H,3H2,1H3. The molecule has 0 radical (unpaired) electrons. The molecule has 15 heavy (non-hydrogen) atoms. The second-order valence-electron chi connectivity index (χ2n) is 2.73. The molecule has 6 heteroatoms. The predicted molar refractivity (Wildman–Crippen MR) is 41.7 cm³/mol. The first-order chi connectivity index (χ1) is 6.93. The summed E-state index contributed by atoms with van der Waals surface area (Å²) < 4.78 is 55.3. The number of esters is 1. The van der Waals surface area contributed by atoms with E-state index in [1.165, 1.54) is 0 Å². The SMILES string of the molecule is CC(=O)OCc1c(F)c(F)cc(F)c1F. The fraction of sp³-hybridized carbons (Fsp3) is 0.222. The number of hydrogen-bond acceptors (Lipinski definition) is 2. The number of benzene rings is 1. The van der Waals surface area contributed by atoms with Crippen molar-refractivity contribution in [1.82, 2.24) is 0 Å². The van der Waals surface area contributed by atoms with Gasteiger partial charge in [-0.05, 0) is 0 Å². The van der Waals surface area contributed by atoms with Crippen LogP contribution in [-0.2, 0) is 16.1 Å². The maximum absolute atomic E-state index is 12.9. The molecule has 1 aromatic carbocycles. The normalized spacial score (nSPS) is 10.2. The fourth-order valence-corrected chi connectivity index (χ4v) is 0.923. The molecule has 0 atom stereocenters. The highest BCUT2D eigenvalue weighted by molar-refractivity contribution is 5.65.